The lowest BCUT2D eigenvalue weighted by Crippen LogP contribution is -2.10. The van der Waals surface area contributed by atoms with Crippen LogP contribution >= 0.6 is 0 Å². The zero-order valence-electron chi connectivity index (χ0n) is 37.3. The fraction of sp³-hybridized carbons (Fsp3) is 0. The molecule has 0 bridgehead atoms. The second-order valence-electron chi connectivity index (χ2n) is 15.4. The van der Waals surface area contributed by atoms with Crippen molar-refractivity contribution in [2.75, 3.05) is 4.90 Å². The average molecular weight is 780 g/mol. The molecule has 0 aliphatic carbocycles. The predicted molar refractivity (Wildman–Crippen MR) is 261 cm³/mol. The van der Waals surface area contributed by atoms with Crippen molar-refractivity contribution in [2.45, 2.75) is 0 Å². The summed E-state index contributed by atoms with van der Waals surface area (Å²) in [7, 11) is 0. The third-order valence-corrected chi connectivity index (χ3v) is 11.7. The standard InChI is InChI=1S/C60H41N/c1-2-15-49(16-3-1)60-58-22-9-7-14-46(58)34-39-59(60)48-32-37-54(38-33-48)61(55-20-10-19-51(41-55)52-29-26-42-12-4-5-17-50(42)40-52)53-35-30-44(31-36-53)43-24-27-47(28-25-43)57-23-11-18-45-13-6-8-21-56(45)57/h1-41H/i30D,31D,35D,36D. The van der Waals surface area contributed by atoms with Crippen LogP contribution in [0.3, 0.4) is 0 Å². The molecule has 11 aromatic carbocycles. The molecule has 11 rings (SSSR count). The van der Waals surface area contributed by atoms with Gasteiger partial charge in [0.25, 0.3) is 0 Å². The van der Waals surface area contributed by atoms with Crippen LogP contribution in [0.25, 0.3) is 88.0 Å². The Morgan fingerprint density at radius 3 is 1.59 bits per heavy atom. The number of rotatable bonds is 8. The van der Waals surface area contributed by atoms with Gasteiger partial charge in [-0.3, -0.25) is 0 Å². The summed E-state index contributed by atoms with van der Waals surface area (Å²) in [6.07, 6.45) is 0. The Labute approximate surface area is 362 Å². The van der Waals surface area contributed by atoms with E-state index in [-0.39, 0.29) is 35.4 Å². The summed E-state index contributed by atoms with van der Waals surface area (Å²) < 4.78 is 38.4. The van der Waals surface area contributed by atoms with Crippen molar-refractivity contribution in [3.63, 3.8) is 0 Å². The van der Waals surface area contributed by atoms with E-state index < -0.39 is 0 Å². The lowest BCUT2D eigenvalue weighted by molar-refractivity contribution is 1.28. The summed E-state index contributed by atoms with van der Waals surface area (Å²) >= 11 is 0. The summed E-state index contributed by atoms with van der Waals surface area (Å²) in [5.74, 6) is 0. The summed E-state index contributed by atoms with van der Waals surface area (Å²) in [6, 6.07) is 76.2. The Balaban J connectivity index is 1.05. The Morgan fingerprint density at radius 2 is 0.803 bits per heavy atom. The van der Waals surface area contributed by atoms with Gasteiger partial charge in [-0.25, -0.2) is 0 Å². The molecule has 0 radical (unpaired) electrons. The lowest BCUT2D eigenvalue weighted by atomic mass is 9.90. The van der Waals surface area contributed by atoms with Gasteiger partial charge in [0.15, 0.2) is 0 Å². The van der Waals surface area contributed by atoms with Crippen LogP contribution in [0.15, 0.2) is 249 Å². The zero-order chi connectivity index (χ0) is 44.0. The zero-order valence-corrected chi connectivity index (χ0v) is 33.3. The number of fused-ring (bicyclic) bond motifs is 3. The van der Waals surface area contributed by atoms with Crippen molar-refractivity contribution in [3.05, 3.63) is 249 Å². The smallest absolute Gasteiger partial charge is 0.0645 e. The maximum atomic E-state index is 9.67. The highest BCUT2D eigenvalue weighted by molar-refractivity contribution is 6.04. The van der Waals surface area contributed by atoms with E-state index >= 15 is 0 Å². The summed E-state index contributed by atoms with van der Waals surface area (Å²) in [5, 5.41) is 6.91. The Bertz CT molecular complexity index is 3550. The molecule has 0 unspecified atom stereocenters. The molecule has 0 saturated heterocycles. The molecule has 286 valence electrons. The van der Waals surface area contributed by atoms with Crippen molar-refractivity contribution < 1.29 is 5.48 Å². The molecule has 0 N–H and O–H groups in total. The number of anilines is 3. The van der Waals surface area contributed by atoms with Gasteiger partial charge in [0.2, 0.25) is 0 Å². The molecule has 0 aromatic heterocycles. The average Bonchev–Trinajstić information content (AvgIpc) is 3.37. The second-order valence-corrected chi connectivity index (χ2v) is 15.4. The fourth-order valence-electron chi connectivity index (χ4n) is 8.67. The molecule has 0 aliphatic heterocycles. The molecule has 0 aliphatic rings. The molecule has 1 nitrogen and oxygen atoms in total. The van der Waals surface area contributed by atoms with Gasteiger partial charge < -0.3 is 4.90 Å². The Kier molecular flexibility index (Phi) is 8.18. The SMILES string of the molecule is [2H]c1c([2H])c(N(c2ccc(-c3ccc4ccccc4c3-c3ccccc3)cc2)c2cccc(-c3ccc4ccccc4c3)c2)c([2H])c([2H])c1-c1ccc(-c2cccc3ccccc23)cc1. The van der Waals surface area contributed by atoms with E-state index in [0.717, 1.165) is 71.4 Å². The first-order valence-corrected chi connectivity index (χ1v) is 20.7. The minimum Gasteiger partial charge on any atom is -0.310 e. The van der Waals surface area contributed by atoms with Crippen molar-refractivity contribution in [1.29, 1.82) is 0 Å². The molecule has 0 fully saturated rings. The van der Waals surface area contributed by atoms with Gasteiger partial charge >= 0.3 is 0 Å². The van der Waals surface area contributed by atoms with Crippen molar-refractivity contribution in [3.8, 4) is 55.6 Å². The maximum absolute atomic E-state index is 9.67. The number of nitrogens with zero attached hydrogens (tertiary/aromatic N) is 1. The molecule has 61 heavy (non-hydrogen) atoms. The molecule has 0 saturated carbocycles. The van der Waals surface area contributed by atoms with Crippen molar-refractivity contribution in [1.82, 2.24) is 0 Å². The molecule has 0 amide bonds. The van der Waals surface area contributed by atoms with E-state index in [1.807, 2.05) is 83.8 Å². The molecule has 0 spiro atoms. The first-order chi connectivity index (χ1) is 31.9. The topological polar surface area (TPSA) is 3.24 Å². The Morgan fingerprint density at radius 1 is 0.262 bits per heavy atom. The van der Waals surface area contributed by atoms with E-state index in [1.165, 1.54) is 5.39 Å². The molecule has 11 aromatic rings. The van der Waals surface area contributed by atoms with Crippen LogP contribution in [0.1, 0.15) is 5.48 Å². The predicted octanol–water partition coefficient (Wildman–Crippen LogP) is 17.0. The quantitative estimate of drug-likeness (QED) is 0.148. The number of hydrogen-bond donors (Lipinski definition) is 0. The Hall–Kier alpha value is -8.00. The largest absolute Gasteiger partial charge is 0.310 e. The highest BCUT2D eigenvalue weighted by Gasteiger charge is 2.17. The molecular formula is C60H41N. The van der Waals surface area contributed by atoms with Crippen LogP contribution in [0.4, 0.5) is 17.1 Å². The highest BCUT2D eigenvalue weighted by atomic mass is 15.1. The first-order valence-electron chi connectivity index (χ1n) is 22.7. The van der Waals surface area contributed by atoms with Crippen molar-refractivity contribution >= 4 is 49.4 Å². The van der Waals surface area contributed by atoms with Gasteiger partial charge in [-0.2, -0.15) is 0 Å². The summed E-state index contributed by atoms with van der Waals surface area (Å²) in [4.78, 5) is 1.88. The van der Waals surface area contributed by atoms with Gasteiger partial charge in [-0.15, -0.1) is 0 Å². The monoisotopic (exact) mass is 779 g/mol. The van der Waals surface area contributed by atoms with E-state index in [4.69, 9.17) is 0 Å². The normalized spacial score (nSPS) is 12.2. The van der Waals surface area contributed by atoms with Gasteiger partial charge in [0.05, 0.1) is 5.48 Å². The van der Waals surface area contributed by atoms with Crippen LogP contribution < -0.4 is 4.90 Å². The first kappa shape index (κ1) is 31.9. The summed E-state index contributed by atoms with van der Waals surface area (Å²) in [6.45, 7) is 0. The van der Waals surface area contributed by atoms with Gasteiger partial charge in [0, 0.05) is 17.1 Å². The van der Waals surface area contributed by atoms with Gasteiger partial charge in [-0.1, -0.05) is 206 Å². The second kappa shape index (κ2) is 15.6. The van der Waals surface area contributed by atoms with Crippen LogP contribution in [-0.2, 0) is 0 Å². The molecule has 0 atom stereocenters. The van der Waals surface area contributed by atoms with E-state index in [9.17, 15) is 5.48 Å². The van der Waals surface area contributed by atoms with Gasteiger partial charge in [-0.05, 0) is 130 Å². The van der Waals surface area contributed by atoms with Crippen LogP contribution in [-0.4, -0.2) is 0 Å². The lowest BCUT2D eigenvalue weighted by Gasteiger charge is -2.26. The minimum atomic E-state index is -0.125. The molecule has 1 heteroatoms. The van der Waals surface area contributed by atoms with Crippen LogP contribution in [0, 0.1) is 0 Å². The van der Waals surface area contributed by atoms with Crippen LogP contribution in [0.5, 0.6) is 0 Å². The van der Waals surface area contributed by atoms with E-state index in [0.29, 0.717) is 16.9 Å². The minimum absolute atomic E-state index is 0.102. The highest BCUT2D eigenvalue weighted by Crippen LogP contribution is 2.42. The van der Waals surface area contributed by atoms with E-state index in [2.05, 4.69) is 146 Å². The number of hydrogen-bond acceptors (Lipinski definition) is 1. The van der Waals surface area contributed by atoms with Crippen molar-refractivity contribution in [2.24, 2.45) is 0 Å². The van der Waals surface area contributed by atoms with Crippen LogP contribution in [0.2, 0.25) is 0 Å². The third kappa shape index (κ3) is 6.93. The number of benzene rings is 11. The molecule has 0 heterocycles. The molecular weight excluding hydrogens is 735 g/mol. The summed E-state index contributed by atoms with van der Waals surface area (Å²) in [5.41, 5.74) is 11.0. The van der Waals surface area contributed by atoms with Gasteiger partial charge in [0.1, 0.15) is 0 Å². The fourth-order valence-corrected chi connectivity index (χ4v) is 8.67. The van der Waals surface area contributed by atoms with E-state index in [1.54, 1.807) is 0 Å². The maximum Gasteiger partial charge on any atom is 0.0645 e. The third-order valence-electron chi connectivity index (χ3n) is 11.7.